The Balaban J connectivity index is 1.51. The van der Waals surface area contributed by atoms with Gasteiger partial charge in [0, 0.05) is 13.0 Å². The molecule has 3 aromatic rings. The van der Waals surface area contributed by atoms with E-state index >= 15 is 0 Å². The first-order valence-corrected chi connectivity index (χ1v) is 10.4. The summed E-state index contributed by atoms with van der Waals surface area (Å²) in [5, 5.41) is 3.14. The Hall–Kier alpha value is -3.60. The molecule has 0 atom stereocenters. The first kappa shape index (κ1) is 20.7. The standard InChI is InChI=1S/C26H26N2O3/c1-26(2)25(30)28(21-15-9-10-16-22(21)31-26)18-17-23(29)27-24(19-11-5-3-6-12-19)20-13-7-4-8-14-20/h3-16,24H,17-18H2,1-2H3,(H,27,29). The molecular weight excluding hydrogens is 388 g/mol. The molecule has 1 N–H and O–H groups in total. The summed E-state index contributed by atoms with van der Waals surface area (Å²) in [6, 6.07) is 26.9. The Kier molecular flexibility index (Phi) is 5.76. The van der Waals surface area contributed by atoms with Gasteiger partial charge in [0.05, 0.1) is 11.7 Å². The van der Waals surface area contributed by atoms with Gasteiger partial charge in [0.25, 0.3) is 5.91 Å². The molecule has 4 rings (SSSR count). The van der Waals surface area contributed by atoms with Crippen LogP contribution in [-0.4, -0.2) is 24.0 Å². The minimum atomic E-state index is -0.971. The Bertz CT molecular complexity index is 1020. The van der Waals surface area contributed by atoms with E-state index in [2.05, 4.69) is 5.32 Å². The molecule has 158 valence electrons. The third-order valence-corrected chi connectivity index (χ3v) is 5.41. The number of carbonyl (C=O) groups excluding carboxylic acids is 2. The van der Waals surface area contributed by atoms with Crippen molar-refractivity contribution < 1.29 is 14.3 Å². The van der Waals surface area contributed by atoms with Gasteiger partial charge in [0.2, 0.25) is 5.91 Å². The van der Waals surface area contributed by atoms with Crippen LogP contribution in [0.25, 0.3) is 0 Å². The quantitative estimate of drug-likeness (QED) is 0.647. The van der Waals surface area contributed by atoms with Gasteiger partial charge in [-0.3, -0.25) is 9.59 Å². The largest absolute Gasteiger partial charge is 0.476 e. The van der Waals surface area contributed by atoms with Gasteiger partial charge in [-0.2, -0.15) is 0 Å². The fraction of sp³-hybridized carbons (Fsp3) is 0.231. The highest BCUT2D eigenvalue weighted by molar-refractivity contribution is 6.02. The van der Waals surface area contributed by atoms with E-state index in [0.717, 1.165) is 11.1 Å². The van der Waals surface area contributed by atoms with E-state index in [-0.39, 0.29) is 30.8 Å². The van der Waals surface area contributed by atoms with Crippen LogP contribution in [0.2, 0.25) is 0 Å². The van der Waals surface area contributed by atoms with Crippen molar-refractivity contribution in [2.45, 2.75) is 31.9 Å². The highest BCUT2D eigenvalue weighted by Crippen LogP contribution is 2.37. The molecule has 0 fully saturated rings. The van der Waals surface area contributed by atoms with Crippen LogP contribution in [0, 0.1) is 0 Å². The molecule has 5 nitrogen and oxygen atoms in total. The summed E-state index contributed by atoms with van der Waals surface area (Å²) in [4.78, 5) is 27.6. The van der Waals surface area contributed by atoms with Gasteiger partial charge in [-0.25, -0.2) is 0 Å². The van der Waals surface area contributed by atoms with Crippen molar-refractivity contribution in [2.75, 3.05) is 11.4 Å². The molecule has 3 aromatic carbocycles. The maximum atomic E-state index is 13.0. The SMILES string of the molecule is CC1(C)Oc2ccccc2N(CCC(=O)NC(c2ccccc2)c2ccccc2)C1=O. The normalized spacial score (nSPS) is 14.7. The molecule has 0 aromatic heterocycles. The third kappa shape index (κ3) is 4.45. The van der Waals surface area contributed by atoms with Crippen molar-refractivity contribution in [1.29, 1.82) is 0 Å². The monoisotopic (exact) mass is 414 g/mol. The van der Waals surface area contributed by atoms with Gasteiger partial charge >= 0.3 is 0 Å². The summed E-state index contributed by atoms with van der Waals surface area (Å²) in [5.74, 6) is 0.382. The number of amides is 2. The van der Waals surface area contributed by atoms with Crippen LogP contribution in [0.15, 0.2) is 84.9 Å². The Labute approximate surface area is 182 Å². The molecule has 2 amide bonds. The predicted molar refractivity (Wildman–Crippen MR) is 121 cm³/mol. The summed E-state index contributed by atoms with van der Waals surface area (Å²) in [6.07, 6.45) is 0.187. The first-order valence-electron chi connectivity index (χ1n) is 10.4. The zero-order chi connectivity index (χ0) is 21.8. The second-order valence-corrected chi connectivity index (χ2v) is 8.11. The number of benzene rings is 3. The first-order chi connectivity index (χ1) is 15.0. The summed E-state index contributed by atoms with van der Waals surface area (Å²) < 4.78 is 5.86. The van der Waals surface area contributed by atoms with Crippen LogP contribution in [0.1, 0.15) is 37.4 Å². The molecule has 0 saturated carbocycles. The molecule has 1 aliphatic rings. The molecule has 0 saturated heterocycles. The summed E-state index contributed by atoms with van der Waals surface area (Å²) in [6.45, 7) is 3.78. The highest BCUT2D eigenvalue weighted by atomic mass is 16.5. The van der Waals surface area contributed by atoms with Crippen molar-refractivity contribution in [1.82, 2.24) is 5.32 Å². The number of para-hydroxylation sites is 2. The van der Waals surface area contributed by atoms with E-state index in [4.69, 9.17) is 4.74 Å². The van der Waals surface area contributed by atoms with Crippen LogP contribution < -0.4 is 15.0 Å². The fourth-order valence-electron chi connectivity index (χ4n) is 3.84. The molecule has 0 bridgehead atoms. The second kappa shape index (κ2) is 8.64. The number of hydrogen-bond donors (Lipinski definition) is 1. The predicted octanol–water partition coefficient (Wildman–Crippen LogP) is 4.49. The number of ether oxygens (including phenoxy) is 1. The zero-order valence-electron chi connectivity index (χ0n) is 17.7. The topological polar surface area (TPSA) is 58.6 Å². The molecular formula is C26H26N2O3. The van der Waals surface area contributed by atoms with E-state index in [1.54, 1.807) is 18.7 Å². The van der Waals surface area contributed by atoms with Gasteiger partial charge in [-0.15, -0.1) is 0 Å². The number of rotatable bonds is 6. The van der Waals surface area contributed by atoms with Crippen molar-refractivity contribution in [3.63, 3.8) is 0 Å². The molecule has 0 spiro atoms. The van der Waals surface area contributed by atoms with Crippen molar-refractivity contribution >= 4 is 17.5 Å². The Morgan fingerprint density at radius 3 is 2.06 bits per heavy atom. The number of nitrogens with one attached hydrogen (secondary N) is 1. The molecule has 5 heteroatoms. The number of carbonyl (C=O) groups is 2. The maximum absolute atomic E-state index is 13.0. The van der Waals surface area contributed by atoms with Gasteiger partial charge in [-0.1, -0.05) is 72.8 Å². The van der Waals surface area contributed by atoms with Crippen LogP contribution in [-0.2, 0) is 9.59 Å². The van der Waals surface area contributed by atoms with Gasteiger partial charge < -0.3 is 15.0 Å². The zero-order valence-corrected chi connectivity index (χ0v) is 17.7. The van der Waals surface area contributed by atoms with Crippen molar-refractivity contribution in [3.8, 4) is 5.75 Å². The van der Waals surface area contributed by atoms with Gasteiger partial charge in [0.15, 0.2) is 5.60 Å². The molecule has 1 heterocycles. The van der Waals surface area contributed by atoms with E-state index in [9.17, 15) is 9.59 Å². The van der Waals surface area contributed by atoms with Crippen molar-refractivity contribution in [3.05, 3.63) is 96.1 Å². The average molecular weight is 415 g/mol. The lowest BCUT2D eigenvalue weighted by Crippen LogP contribution is -2.53. The maximum Gasteiger partial charge on any atom is 0.270 e. The minimum absolute atomic E-state index is 0.118. The number of anilines is 1. The van der Waals surface area contributed by atoms with Gasteiger partial charge in [-0.05, 0) is 37.1 Å². The fourth-order valence-corrected chi connectivity index (χ4v) is 3.84. The summed E-state index contributed by atoms with van der Waals surface area (Å²) in [5.41, 5.74) is 1.75. The van der Waals surface area contributed by atoms with Crippen LogP contribution in [0.3, 0.4) is 0 Å². The van der Waals surface area contributed by atoms with Crippen LogP contribution in [0.5, 0.6) is 5.75 Å². The second-order valence-electron chi connectivity index (χ2n) is 8.11. The molecule has 0 aliphatic carbocycles. The van der Waals surface area contributed by atoms with Crippen LogP contribution in [0.4, 0.5) is 5.69 Å². The summed E-state index contributed by atoms with van der Waals surface area (Å²) in [7, 11) is 0. The molecule has 31 heavy (non-hydrogen) atoms. The molecule has 1 aliphatic heterocycles. The van der Waals surface area contributed by atoms with E-state index in [0.29, 0.717) is 11.4 Å². The lowest BCUT2D eigenvalue weighted by atomic mass is 9.98. The third-order valence-electron chi connectivity index (χ3n) is 5.41. The average Bonchev–Trinajstić information content (AvgIpc) is 2.79. The van der Waals surface area contributed by atoms with Crippen LogP contribution >= 0.6 is 0 Å². The lowest BCUT2D eigenvalue weighted by molar-refractivity contribution is -0.132. The van der Waals surface area contributed by atoms with E-state index in [1.165, 1.54) is 0 Å². The smallest absolute Gasteiger partial charge is 0.270 e. The minimum Gasteiger partial charge on any atom is -0.476 e. The molecule has 0 radical (unpaired) electrons. The van der Waals surface area contributed by atoms with Crippen molar-refractivity contribution in [2.24, 2.45) is 0 Å². The molecule has 0 unspecified atom stereocenters. The number of nitrogens with zero attached hydrogens (tertiary/aromatic N) is 1. The summed E-state index contributed by atoms with van der Waals surface area (Å²) >= 11 is 0. The number of fused-ring (bicyclic) bond motifs is 1. The Morgan fingerprint density at radius 2 is 1.45 bits per heavy atom. The van der Waals surface area contributed by atoms with Gasteiger partial charge in [0.1, 0.15) is 5.75 Å². The Morgan fingerprint density at radius 1 is 0.903 bits per heavy atom. The van der Waals surface area contributed by atoms with E-state index in [1.807, 2.05) is 84.9 Å². The lowest BCUT2D eigenvalue weighted by Gasteiger charge is -2.38. The number of hydrogen-bond acceptors (Lipinski definition) is 3. The highest BCUT2D eigenvalue weighted by Gasteiger charge is 2.40. The van der Waals surface area contributed by atoms with E-state index < -0.39 is 5.60 Å².